The molecule has 0 aliphatic carbocycles. The van der Waals surface area contributed by atoms with Crippen molar-refractivity contribution in [2.24, 2.45) is 0 Å². The van der Waals surface area contributed by atoms with Crippen LogP contribution in [0.25, 0.3) is 0 Å². The topological polar surface area (TPSA) is 69.7 Å². The van der Waals surface area contributed by atoms with Gasteiger partial charge in [-0.25, -0.2) is 14.0 Å². The van der Waals surface area contributed by atoms with E-state index in [2.05, 4.69) is 6.58 Å². The quantitative estimate of drug-likeness (QED) is 0.349. The average Bonchev–Trinajstić information content (AvgIpc) is 2.46. The van der Waals surface area contributed by atoms with Gasteiger partial charge in [0.15, 0.2) is 24.0 Å². The van der Waals surface area contributed by atoms with Crippen LogP contribution in [0.1, 0.15) is 30.6 Å². The first-order chi connectivity index (χ1) is 9.90. The molecule has 1 aromatic carbocycles. The van der Waals surface area contributed by atoms with Gasteiger partial charge in [-0.3, -0.25) is 4.79 Å². The molecule has 0 aliphatic heterocycles. The fourth-order valence-electron chi connectivity index (χ4n) is 1.42. The van der Waals surface area contributed by atoms with E-state index in [1.165, 1.54) is 19.1 Å². The second-order valence-corrected chi connectivity index (χ2v) is 4.28. The number of carbonyl (C=O) groups excluding carboxylic acids is 3. The van der Waals surface area contributed by atoms with Crippen LogP contribution in [0.4, 0.5) is 4.39 Å². The van der Waals surface area contributed by atoms with Crippen molar-refractivity contribution in [1.29, 1.82) is 0 Å². The molecular weight excluding hydrogens is 279 g/mol. The number of aldehydes is 1. The summed E-state index contributed by atoms with van der Waals surface area (Å²) in [5, 5.41) is 0. The van der Waals surface area contributed by atoms with Gasteiger partial charge in [-0.1, -0.05) is 19.6 Å². The Kier molecular flexibility index (Phi) is 5.78. The minimum absolute atomic E-state index is 0.107. The molecule has 1 aromatic rings. The van der Waals surface area contributed by atoms with E-state index in [1.807, 2.05) is 0 Å². The predicted octanol–water partition coefficient (Wildman–Crippen LogP) is 2.44. The highest BCUT2D eigenvalue weighted by atomic mass is 19.1. The van der Waals surface area contributed by atoms with Crippen LogP contribution in [-0.4, -0.2) is 24.3 Å². The highest BCUT2D eigenvalue weighted by Crippen LogP contribution is 2.22. The fraction of sp³-hybridized carbons (Fsp3) is 0.267. The summed E-state index contributed by atoms with van der Waals surface area (Å²) in [4.78, 5) is 34.1. The molecule has 112 valence electrons. The zero-order valence-corrected chi connectivity index (χ0v) is 11.7. The summed E-state index contributed by atoms with van der Waals surface area (Å²) in [5.41, 5.74) is 0.0187. The molecule has 0 saturated carbocycles. The number of halogens is 1. The summed E-state index contributed by atoms with van der Waals surface area (Å²) in [5.74, 6) is -3.04. The zero-order valence-electron chi connectivity index (χ0n) is 11.7. The lowest BCUT2D eigenvalue weighted by atomic mass is 10.2. The first-order valence-electron chi connectivity index (χ1n) is 6.22. The monoisotopic (exact) mass is 294 g/mol. The largest absolute Gasteiger partial charge is 0.447 e. The van der Waals surface area contributed by atoms with Crippen LogP contribution in [-0.2, 0) is 14.3 Å². The van der Waals surface area contributed by atoms with E-state index >= 15 is 0 Å². The maximum absolute atomic E-state index is 13.6. The van der Waals surface area contributed by atoms with Crippen molar-refractivity contribution < 1.29 is 28.2 Å². The summed E-state index contributed by atoms with van der Waals surface area (Å²) < 4.78 is 23.3. The highest BCUT2D eigenvalue weighted by molar-refractivity contribution is 5.90. The van der Waals surface area contributed by atoms with Gasteiger partial charge in [0.05, 0.1) is 5.56 Å². The number of benzene rings is 1. The van der Waals surface area contributed by atoms with Gasteiger partial charge in [-0.15, -0.1) is 0 Å². The number of ether oxygens (including phenoxy) is 2. The van der Waals surface area contributed by atoms with Gasteiger partial charge in [0, 0.05) is 5.57 Å². The third-order valence-electron chi connectivity index (χ3n) is 2.56. The molecule has 0 amide bonds. The van der Waals surface area contributed by atoms with E-state index in [1.54, 1.807) is 6.92 Å². The average molecular weight is 294 g/mol. The van der Waals surface area contributed by atoms with Crippen LogP contribution in [0.5, 0.6) is 5.75 Å². The van der Waals surface area contributed by atoms with E-state index in [0.29, 0.717) is 6.29 Å². The van der Waals surface area contributed by atoms with E-state index in [0.717, 1.165) is 6.07 Å². The van der Waals surface area contributed by atoms with Crippen molar-refractivity contribution in [1.82, 2.24) is 0 Å². The van der Waals surface area contributed by atoms with Crippen LogP contribution < -0.4 is 4.74 Å². The Labute approximate surface area is 121 Å². The van der Waals surface area contributed by atoms with Crippen LogP contribution in [0.15, 0.2) is 30.4 Å². The maximum Gasteiger partial charge on any atom is 0.352 e. The second kappa shape index (κ2) is 7.33. The van der Waals surface area contributed by atoms with Gasteiger partial charge in [0.2, 0.25) is 0 Å². The van der Waals surface area contributed by atoms with Crippen LogP contribution >= 0.6 is 0 Å². The molecule has 0 radical (unpaired) electrons. The SMILES string of the molecule is C=C(C)C(=O)OC(CC)C(=O)Oc1c(F)cccc1C=O. The van der Waals surface area contributed by atoms with E-state index in [9.17, 15) is 18.8 Å². The molecule has 0 saturated heterocycles. The van der Waals surface area contributed by atoms with Gasteiger partial charge < -0.3 is 9.47 Å². The first kappa shape index (κ1) is 16.6. The Morgan fingerprint density at radius 2 is 2.10 bits per heavy atom. The number of esters is 2. The summed E-state index contributed by atoms with van der Waals surface area (Å²) in [7, 11) is 0. The zero-order chi connectivity index (χ0) is 16.0. The molecular formula is C15H15FO5. The molecule has 1 unspecified atom stereocenters. The molecule has 0 spiro atoms. The summed E-state index contributed by atoms with van der Waals surface area (Å²) in [6.07, 6.45) is -0.691. The second-order valence-electron chi connectivity index (χ2n) is 4.28. The molecule has 6 heteroatoms. The van der Waals surface area contributed by atoms with Gasteiger partial charge in [-0.05, 0) is 25.5 Å². The Bertz CT molecular complexity index is 579. The molecule has 0 bridgehead atoms. The third-order valence-corrected chi connectivity index (χ3v) is 2.56. The lowest BCUT2D eigenvalue weighted by Crippen LogP contribution is -2.31. The third kappa shape index (κ3) is 4.24. The minimum atomic E-state index is -1.20. The lowest BCUT2D eigenvalue weighted by molar-refractivity contribution is -0.159. The van der Waals surface area contributed by atoms with E-state index in [4.69, 9.17) is 9.47 Å². The molecule has 0 heterocycles. The molecule has 0 fully saturated rings. The van der Waals surface area contributed by atoms with Gasteiger partial charge in [0.25, 0.3) is 0 Å². The Balaban J connectivity index is 2.91. The molecule has 5 nitrogen and oxygen atoms in total. The molecule has 0 aromatic heterocycles. The smallest absolute Gasteiger partial charge is 0.352 e. The van der Waals surface area contributed by atoms with Crippen molar-refractivity contribution in [3.8, 4) is 5.75 Å². The molecule has 21 heavy (non-hydrogen) atoms. The molecule has 0 N–H and O–H groups in total. The molecule has 1 atom stereocenters. The van der Waals surface area contributed by atoms with Crippen LogP contribution in [0, 0.1) is 5.82 Å². The first-order valence-corrected chi connectivity index (χ1v) is 6.22. The Morgan fingerprint density at radius 3 is 2.62 bits per heavy atom. The highest BCUT2D eigenvalue weighted by Gasteiger charge is 2.25. The molecule has 0 aliphatic rings. The number of para-hydroxylation sites is 1. The fourth-order valence-corrected chi connectivity index (χ4v) is 1.42. The van der Waals surface area contributed by atoms with Crippen molar-refractivity contribution >= 4 is 18.2 Å². The minimum Gasteiger partial charge on any atom is -0.447 e. The van der Waals surface area contributed by atoms with Crippen LogP contribution in [0.3, 0.4) is 0 Å². The maximum atomic E-state index is 13.6. The van der Waals surface area contributed by atoms with Crippen molar-refractivity contribution in [3.63, 3.8) is 0 Å². The Hall–Kier alpha value is -2.50. The van der Waals surface area contributed by atoms with Crippen molar-refractivity contribution in [3.05, 3.63) is 41.7 Å². The number of hydrogen-bond donors (Lipinski definition) is 0. The summed E-state index contributed by atoms with van der Waals surface area (Å²) in [6.45, 7) is 6.42. The predicted molar refractivity (Wildman–Crippen MR) is 72.4 cm³/mol. The lowest BCUT2D eigenvalue weighted by Gasteiger charge is -2.15. The molecule has 1 rings (SSSR count). The summed E-state index contributed by atoms with van der Waals surface area (Å²) in [6, 6.07) is 3.67. The van der Waals surface area contributed by atoms with Crippen molar-refractivity contribution in [2.45, 2.75) is 26.4 Å². The summed E-state index contributed by atoms with van der Waals surface area (Å²) >= 11 is 0. The van der Waals surface area contributed by atoms with E-state index < -0.39 is 29.6 Å². The number of carbonyl (C=O) groups is 3. The standard InChI is InChI=1S/C15H15FO5/c1-4-12(20-14(18)9(2)3)15(19)21-13-10(8-17)6-5-7-11(13)16/h5-8,12H,2,4H2,1,3H3. The number of rotatable bonds is 6. The van der Waals surface area contributed by atoms with Crippen molar-refractivity contribution in [2.75, 3.05) is 0 Å². The Morgan fingerprint density at radius 1 is 1.43 bits per heavy atom. The van der Waals surface area contributed by atoms with Gasteiger partial charge >= 0.3 is 11.9 Å². The van der Waals surface area contributed by atoms with Gasteiger partial charge in [0.1, 0.15) is 0 Å². The normalized spacial score (nSPS) is 11.4. The van der Waals surface area contributed by atoms with Gasteiger partial charge in [-0.2, -0.15) is 0 Å². The number of hydrogen-bond acceptors (Lipinski definition) is 5. The van der Waals surface area contributed by atoms with E-state index in [-0.39, 0.29) is 17.6 Å². The van der Waals surface area contributed by atoms with Crippen LogP contribution in [0.2, 0.25) is 0 Å².